The van der Waals surface area contributed by atoms with E-state index in [2.05, 4.69) is 16.0 Å². The van der Waals surface area contributed by atoms with Crippen molar-refractivity contribution in [2.75, 3.05) is 22.6 Å². The molecule has 1 aromatic heterocycles. The monoisotopic (exact) mass is 643 g/mol. The van der Waals surface area contributed by atoms with Crippen LogP contribution in [0.2, 0.25) is 0 Å². The summed E-state index contributed by atoms with van der Waals surface area (Å²) in [5, 5.41) is 10.1. The zero-order valence-electron chi connectivity index (χ0n) is 25.0. The Balaban J connectivity index is 1.37. The number of benzene rings is 3. The van der Waals surface area contributed by atoms with Gasteiger partial charge in [-0.25, -0.2) is 4.79 Å². The first kappa shape index (κ1) is 31.8. The average molecular weight is 644 g/mol. The molecule has 1 aliphatic rings. The number of thioether (sulfide) groups is 1. The molecule has 0 spiro atoms. The summed E-state index contributed by atoms with van der Waals surface area (Å²) in [6.45, 7) is 4.14. The number of hydrogen-bond acceptors (Lipinski definition) is 6. The summed E-state index contributed by atoms with van der Waals surface area (Å²) in [7, 11) is 0. The number of nitrogens with one attached hydrogen (secondary N) is 3. The second-order valence-electron chi connectivity index (χ2n) is 10.7. The minimum absolute atomic E-state index is 0.184. The van der Waals surface area contributed by atoms with Gasteiger partial charge < -0.3 is 20.7 Å². The molecule has 0 bridgehead atoms. The van der Waals surface area contributed by atoms with Gasteiger partial charge in [0.15, 0.2) is 5.11 Å². The molecule has 44 heavy (non-hydrogen) atoms. The van der Waals surface area contributed by atoms with Crippen molar-refractivity contribution in [2.45, 2.75) is 62.5 Å². The van der Waals surface area contributed by atoms with Crippen LogP contribution >= 0.6 is 35.3 Å². The molecule has 9 heteroatoms. The van der Waals surface area contributed by atoms with Crippen molar-refractivity contribution in [3.8, 4) is 0 Å². The molecule has 1 unspecified atom stereocenters. The van der Waals surface area contributed by atoms with Gasteiger partial charge in [0.05, 0.1) is 12.2 Å². The Morgan fingerprint density at radius 2 is 1.61 bits per heavy atom. The quantitative estimate of drug-likeness (QED) is 0.0954. The molecule has 0 saturated carbocycles. The summed E-state index contributed by atoms with van der Waals surface area (Å²) in [6, 6.07) is 25.6. The van der Waals surface area contributed by atoms with Crippen LogP contribution in [-0.2, 0) is 22.4 Å². The highest BCUT2D eigenvalue weighted by Gasteiger charge is 2.29. The minimum Gasteiger partial charge on any atom is -0.462 e. The molecule has 1 heterocycles. The lowest BCUT2D eigenvalue weighted by Gasteiger charge is -2.18. The van der Waals surface area contributed by atoms with Crippen LogP contribution in [0.4, 0.5) is 16.4 Å². The van der Waals surface area contributed by atoms with E-state index in [-0.39, 0.29) is 18.5 Å². The summed E-state index contributed by atoms with van der Waals surface area (Å²) < 4.78 is 5.46. The third-order valence-corrected chi connectivity index (χ3v) is 10.0. The van der Waals surface area contributed by atoms with Crippen LogP contribution in [0.3, 0.4) is 0 Å². The highest BCUT2D eigenvalue weighted by molar-refractivity contribution is 8.00. The first-order chi connectivity index (χ1) is 21.4. The van der Waals surface area contributed by atoms with Gasteiger partial charge in [-0.15, -0.1) is 23.1 Å². The Morgan fingerprint density at radius 1 is 0.886 bits per heavy atom. The number of thiophene rings is 1. The Hall–Kier alpha value is -3.66. The maximum atomic E-state index is 14.1. The van der Waals surface area contributed by atoms with E-state index in [0.717, 1.165) is 59.5 Å². The molecule has 1 amide bonds. The SMILES string of the molecule is CCOC(=O)c1c(NC(=O)C(Sc2cccc(NC(=S)Nc3ccc(C)cc3)c2)c2ccccc2)sc2c1CCCCCC2. The summed E-state index contributed by atoms with van der Waals surface area (Å²) in [6.07, 6.45) is 6.18. The molecule has 0 radical (unpaired) electrons. The standard InChI is InChI=1S/C35H37N3O3S3/c1-3-41-34(40)30-28-16-9-4-5-10-17-29(28)44-33(30)38-32(39)31(24-12-7-6-8-13-24)43-27-15-11-14-26(22-27)37-35(42)36-25-20-18-23(2)19-21-25/h6-8,11-15,18-22,31H,3-5,9-10,16-17H2,1-2H3,(H,38,39)(H2,36,37,42). The van der Waals surface area contributed by atoms with Gasteiger partial charge in [0.1, 0.15) is 10.3 Å². The maximum Gasteiger partial charge on any atom is 0.341 e. The second kappa shape index (κ2) is 15.4. The van der Waals surface area contributed by atoms with Crippen LogP contribution in [0.25, 0.3) is 0 Å². The van der Waals surface area contributed by atoms with E-state index < -0.39 is 5.25 Å². The van der Waals surface area contributed by atoms with Crippen molar-refractivity contribution in [1.82, 2.24) is 0 Å². The number of amides is 1. The van der Waals surface area contributed by atoms with Gasteiger partial charge in [0, 0.05) is 21.1 Å². The Bertz CT molecular complexity index is 1600. The normalized spacial score (nSPS) is 13.5. The predicted molar refractivity (Wildman–Crippen MR) is 187 cm³/mol. The molecular formula is C35H37N3O3S3. The van der Waals surface area contributed by atoms with E-state index in [1.807, 2.05) is 92.7 Å². The number of esters is 1. The lowest BCUT2D eigenvalue weighted by atomic mass is 9.96. The first-order valence-corrected chi connectivity index (χ1v) is 17.1. The fourth-order valence-corrected chi connectivity index (χ4v) is 7.82. The molecule has 0 saturated heterocycles. The van der Waals surface area contributed by atoms with Gasteiger partial charge in [0.25, 0.3) is 0 Å². The van der Waals surface area contributed by atoms with Gasteiger partial charge in [-0.1, -0.05) is 66.9 Å². The van der Waals surface area contributed by atoms with Crippen LogP contribution < -0.4 is 16.0 Å². The van der Waals surface area contributed by atoms with E-state index >= 15 is 0 Å². The fraction of sp³-hybridized carbons (Fsp3) is 0.286. The van der Waals surface area contributed by atoms with Crippen molar-refractivity contribution < 1.29 is 14.3 Å². The highest BCUT2D eigenvalue weighted by Crippen LogP contribution is 2.41. The average Bonchev–Trinajstić information content (AvgIpc) is 3.33. The van der Waals surface area contributed by atoms with E-state index in [0.29, 0.717) is 15.7 Å². The maximum absolute atomic E-state index is 14.1. The summed E-state index contributed by atoms with van der Waals surface area (Å²) in [5.74, 6) is -0.547. The first-order valence-electron chi connectivity index (χ1n) is 15.0. The molecule has 1 atom stereocenters. The predicted octanol–water partition coefficient (Wildman–Crippen LogP) is 9.17. The molecule has 3 N–H and O–H groups in total. The van der Waals surface area contributed by atoms with E-state index in [1.54, 1.807) is 0 Å². The van der Waals surface area contributed by atoms with Gasteiger partial charge in [0.2, 0.25) is 5.91 Å². The number of aryl methyl sites for hydroxylation is 2. The van der Waals surface area contributed by atoms with Gasteiger partial charge in [-0.05, 0) is 93.2 Å². The molecule has 1 aliphatic carbocycles. The summed E-state index contributed by atoms with van der Waals surface area (Å²) in [5.41, 5.74) is 5.34. The van der Waals surface area contributed by atoms with Crippen LogP contribution in [0, 0.1) is 6.92 Å². The molecule has 5 rings (SSSR count). The number of anilines is 3. The molecule has 0 fully saturated rings. The summed E-state index contributed by atoms with van der Waals surface area (Å²) in [4.78, 5) is 29.3. The molecule has 6 nitrogen and oxygen atoms in total. The largest absolute Gasteiger partial charge is 0.462 e. The Morgan fingerprint density at radius 3 is 2.36 bits per heavy atom. The van der Waals surface area contributed by atoms with Crippen LogP contribution in [0.15, 0.2) is 83.8 Å². The Kier molecular flexibility index (Phi) is 11.1. The molecular weight excluding hydrogens is 607 g/mol. The van der Waals surface area contributed by atoms with Crippen LogP contribution in [0.5, 0.6) is 0 Å². The van der Waals surface area contributed by atoms with Crippen molar-refractivity contribution in [3.63, 3.8) is 0 Å². The van der Waals surface area contributed by atoms with Crippen LogP contribution in [0.1, 0.15) is 69.8 Å². The number of ether oxygens (including phenoxy) is 1. The van der Waals surface area contributed by atoms with Crippen molar-refractivity contribution >= 4 is 68.7 Å². The number of carbonyl (C=O) groups is 2. The molecule has 4 aromatic rings. The number of thiocarbonyl (C=S) groups is 1. The summed E-state index contributed by atoms with van der Waals surface area (Å²) >= 11 is 8.53. The zero-order chi connectivity index (χ0) is 30.9. The number of fused-ring (bicyclic) bond motifs is 1. The number of hydrogen-bond donors (Lipinski definition) is 3. The lowest BCUT2D eigenvalue weighted by Crippen LogP contribution is -2.20. The Labute approximate surface area is 273 Å². The van der Waals surface area contributed by atoms with Crippen LogP contribution in [-0.4, -0.2) is 23.6 Å². The topological polar surface area (TPSA) is 79.5 Å². The van der Waals surface area contributed by atoms with Crippen molar-refractivity contribution in [3.05, 3.63) is 106 Å². The minimum atomic E-state index is -0.552. The number of rotatable bonds is 9. The van der Waals surface area contributed by atoms with Gasteiger partial charge in [-0.2, -0.15) is 0 Å². The van der Waals surface area contributed by atoms with Crippen molar-refractivity contribution in [2.24, 2.45) is 0 Å². The zero-order valence-corrected chi connectivity index (χ0v) is 27.4. The molecule has 0 aliphatic heterocycles. The highest BCUT2D eigenvalue weighted by atomic mass is 32.2. The van der Waals surface area contributed by atoms with E-state index in [9.17, 15) is 9.59 Å². The fourth-order valence-electron chi connectivity index (χ4n) is 5.22. The lowest BCUT2D eigenvalue weighted by molar-refractivity contribution is -0.115. The third-order valence-electron chi connectivity index (χ3n) is 7.38. The van der Waals surface area contributed by atoms with Gasteiger partial charge >= 0.3 is 5.97 Å². The van der Waals surface area contributed by atoms with E-state index in [1.165, 1.54) is 40.0 Å². The van der Waals surface area contributed by atoms with Crippen molar-refractivity contribution in [1.29, 1.82) is 0 Å². The molecule has 228 valence electrons. The van der Waals surface area contributed by atoms with Gasteiger partial charge in [-0.3, -0.25) is 4.79 Å². The number of carbonyl (C=O) groups excluding carboxylic acids is 2. The smallest absolute Gasteiger partial charge is 0.341 e. The molecule has 3 aromatic carbocycles. The van der Waals surface area contributed by atoms with E-state index in [4.69, 9.17) is 17.0 Å². The third kappa shape index (κ3) is 8.28. The second-order valence-corrected chi connectivity index (χ2v) is 13.4.